The van der Waals surface area contributed by atoms with Gasteiger partial charge in [0.25, 0.3) is 0 Å². The molecule has 0 bridgehead atoms. The van der Waals surface area contributed by atoms with Crippen LogP contribution in [0.25, 0.3) is 5.57 Å². The van der Waals surface area contributed by atoms with Crippen molar-refractivity contribution >= 4 is 41.2 Å². The van der Waals surface area contributed by atoms with Gasteiger partial charge in [0.1, 0.15) is 5.84 Å². The van der Waals surface area contributed by atoms with Gasteiger partial charge in [0.15, 0.2) is 5.78 Å². The summed E-state index contributed by atoms with van der Waals surface area (Å²) in [5.41, 5.74) is 17.8. The van der Waals surface area contributed by atoms with Crippen LogP contribution in [0.4, 0.5) is 0 Å². The number of hydrogen-bond acceptors (Lipinski definition) is 8. The molecular formula is C42H61N7OS. The average molecular weight is 712 g/mol. The van der Waals surface area contributed by atoms with Crippen LogP contribution >= 0.6 is 12.6 Å². The molecule has 1 aromatic rings. The minimum atomic E-state index is -0.0508. The highest BCUT2D eigenvalue weighted by molar-refractivity contribution is 7.79. The molecule has 3 atom stereocenters. The Balaban J connectivity index is 0.000000392. The molecule has 1 aromatic carbocycles. The van der Waals surface area contributed by atoms with E-state index >= 15 is 0 Å². The number of hydrogen-bond donors (Lipinski definition) is 5. The molecule has 0 aromatic heterocycles. The van der Waals surface area contributed by atoms with E-state index in [9.17, 15) is 4.79 Å². The molecule has 0 radical (unpaired) electrons. The number of benzene rings is 1. The second-order valence-corrected chi connectivity index (χ2v) is 12.2. The topological polar surface area (TPSA) is 130 Å². The number of aliphatic imine (C=N–C) groups is 3. The summed E-state index contributed by atoms with van der Waals surface area (Å²) in [6, 6.07) is 10.3. The van der Waals surface area contributed by atoms with Gasteiger partial charge in [-0.2, -0.15) is 12.6 Å². The maximum atomic E-state index is 11.9. The number of carbonyl (C=O) groups excluding carboxylic acids is 1. The first-order valence-corrected chi connectivity index (χ1v) is 18.3. The van der Waals surface area contributed by atoms with Crippen LogP contribution in [0.1, 0.15) is 66.9 Å². The first-order valence-electron chi connectivity index (χ1n) is 17.4. The van der Waals surface area contributed by atoms with Gasteiger partial charge in [-0.1, -0.05) is 109 Å². The first kappa shape index (κ1) is 44.9. The molecule has 2 heterocycles. The first-order chi connectivity index (χ1) is 24.5. The Morgan fingerprint density at radius 2 is 1.82 bits per heavy atom. The molecule has 9 heteroatoms. The zero-order chi connectivity index (χ0) is 38.3. The van der Waals surface area contributed by atoms with Crippen molar-refractivity contribution in [2.45, 2.75) is 73.4 Å². The number of ketones is 1. The molecule has 3 aliphatic rings. The Morgan fingerprint density at radius 1 is 1.14 bits per heavy atom. The molecule has 1 aliphatic carbocycles. The van der Waals surface area contributed by atoms with Gasteiger partial charge in [0.2, 0.25) is 0 Å². The van der Waals surface area contributed by atoms with Crippen molar-refractivity contribution < 1.29 is 4.79 Å². The van der Waals surface area contributed by atoms with Crippen LogP contribution in [0.15, 0.2) is 135 Å². The lowest BCUT2D eigenvalue weighted by atomic mass is 9.83. The van der Waals surface area contributed by atoms with E-state index < -0.39 is 0 Å². The fraction of sp³-hybridized carbons (Fsp3) is 0.381. The smallest absolute Gasteiger partial charge is 0.174 e. The Bertz CT molecular complexity index is 1600. The van der Waals surface area contributed by atoms with Crippen molar-refractivity contribution in [1.29, 1.82) is 0 Å². The van der Waals surface area contributed by atoms with Crippen molar-refractivity contribution in [3.8, 4) is 0 Å². The third-order valence-electron chi connectivity index (χ3n) is 8.20. The summed E-state index contributed by atoms with van der Waals surface area (Å²) in [5.74, 6) is 6.18. The number of nitrogens with one attached hydrogen (secondary N) is 2. The van der Waals surface area contributed by atoms with E-state index in [4.69, 9.17) is 16.6 Å². The number of likely N-dealkylation sites (N-methyl/N-ethyl adjacent to an activating group) is 1. The highest BCUT2D eigenvalue weighted by Crippen LogP contribution is 2.31. The molecule has 4 rings (SSSR count). The Morgan fingerprint density at radius 3 is 2.39 bits per heavy atom. The molecule has 8 nitrogen and oxygen atoms in total. The van der Waals surface area contributed by atoms with E-state index in [0.29, 0.717) is 18.8 Å². The fourth-order valence-electron chi connectivity index (χ4n) is 5.32. The number of thiol groups is 1. The van der Waals surface area contributed by atoms with Gasteiger partial charge < -0.3 is 16.5 Å². The molecule has 0 fully saturated rings. The largest absolute Gasteiger partial charge is 0.327 e. The molecule has 0 saturated carbocycles. The molecule has 0 amide bonds. The maximum absolute atomic E-state index is 11.9. The van der Waals surface area contributed by atoms with Gasteiger partial charge >= 0.3 is 0 Å². The molecule has 51 heavy (non-hydrogen) atoms. The highest BCUT2D eigenvalue weighted by Gasteiger charge is 2.32. The van der Waals surface area contributed by atoms with Crippen LogP contribution in [-0.4, -0.2) is 61.5 Å². The van der Waals surface area contributed by atoms with Crippen molar-refractivity contribution in [3.05, 3.63) is 125 Å². The third-order valence-corrected chi connectivity index (χ3v) is 8.20. The van der Waals surface area contributed by atoms with E-state index in [-0.39, 0.29) is 23.8 Å². The van der Waals surface area contributed by atoms with Crippen molar-refractivity contribution in [2.75, 3.05) is 26.4 Å². The lowest BCUT2D eigenvalue weighted by Crippen LogP contribution is -2.38. The maximum Gasteiger partial charge on any atom is 0.174 e. The van der Waals surface area contributed by atoms with Crippen LogP contribution in [0, 0.1) is 5.92 Å². The predicted octanol–water partition coefficient (Wildman–Crippen LogP) is 7.73. The number of Topliss-reactive ketones (excluding diaryl/α,β-unsaturated/α-hetero) is 1. The number of hydrazine groups is 1. The van der Waals surface area contributed by atoms with Gasteiger partial charge in [-0.3, -0.25) is 19.8 Å². The second kappa shape index (κ2) is 24.9. The normalized spacial score (nSPS) is 19.1. The number of nitrogens with two attached hydrogens (primary N) is 2. The number of fused-ring (bicyclic) bond motifs is 1. The molecular weight excluding hydrogens is 651 g/mol. The molecule has 2 aliphatic heterocycles. The van der Waals surface area contributed by atoms with E-state index in [1.807, 2.05) is 64.2 Å². The monoisotopic (exact) mass is 711 g/mol. The summed E-state index contributed by atoms with van der Waals surface area (Å²) < 4.78 is 0. The van der Waals surface area contributed by atoms with E-state index in [1.165, 1.54) is 22.3 Å². The van der Waals surface area contributed by atoms with Crippen LogP contribution in [0.3, 0.4) is 0 Å². The lowest BCUT2D eigenvalue weighted by Gasteiger charge is -2.29. The second-order valence-electron chi connectivity index (χ2n) is 12.2. The van der Waals surface area contributed by atoms with Crippen LogP contribution in [0.5, 0.6) is 0 Å². The summed E-state index contributed by atoms with van der Waals surface area (Å²) in [4.78, 5) is 25.7. The van der Waals surface area contributed by atoms with Crippen molar-refractivity contribution in [1.82, 2.24) is 10.7 Å². The standard InChI is InChI=1S/C18H18N2O.C13H22N4.C10H17N.CH4S/c1-11-9-17-16(18(19-11)13(3)21)10-15(12(2)20-17)14-7-5-4-6-8-14;1-10-6-4-5-7-12(8-10)11(2)16-13(17-14)9-15-3;1-4-9(3)6-7-10(5-2)8-11;1-2/h4-10,16-17H,1-3H3;4-6,8,11,15H,7,9,14H2,1-3H3,(H,16,17);4,6-7H,1,5,8,11H2,2-3H3;2H,1H3/b;;9-6-,10-7+;. The molecule has 6 N–H and O–H groups in total. The Hall–Kier alpha value is -4.15. The van der Waals surface area contributed by atoms with Gasteiger partial charge in [-0.15, -0.1) is 0 Å². The number of dihydropyridines is 1. The quantitative estimate of drug-likeness (QED) is 0.0424. The van der Waals surface area contributed by atoms with Gasteiger partial charge in [-0.25, -0.2) is 5.84 Å². The van der Waals surface area contributed by atoms with Gasteiger partial charge in [0.05, 0.1) is 24.3 Å². The van der Waals surface area contributed by atoms with Crippen LogP contribution < -0.4 is 22.3 Å². The fourth-order valence-corrected chi connectivity index (χ4v) is 5.32. The van der Waals surface area contributed by atoms with E-state index in [0.717, 1.165) is 41.2 Å². The number of amidine groups is 1. The lowest BCUT2D eigenvalue weighted by molar-refractivity contribution is -0.111. The Labute approximate surface area is 313 Å². The Kier molecular flexibility index (Phi) is 21.9. The number of rotatable bonds is 10. The summed E-state index contributed by atoms with van der Waals surface area (Å²) in [7, 11) is 1.87. The van der Waals surface area contributed by atoms with E-state index in [2.05, 4.69) is 109 Å². The number of allylic oxidation sites excluding steroid dienone is 11. The zero-order valence-electron chi connectivity index (χ0n) is 32.2. The summed E-state index contributed by atoms with van der Waals surface area (Å²) in [5, 5.41) is 3.03. The number of carbonyl (C=O) groups is 1. The number of nitrogens with zero attached hydrogens (tertiary/aromatic N) is 3. The molecule has 276 valence electrons. The molecule has 0 saturated heterocycles. The SMILES string of the molecule is C=C/C(C)=C\C=C(/CC)CN.CC(=O)C1=NC(C)=CC2N=C(C)C(c3ccccc3)=CC12.CNCC(=NC(C)C1=CC(C)=CC=CC1)NN.CS. The van der Waals surface area contributed by atoms with Crippen molar-refractivity contribution in [2.24, 2.45) is 32.5 Å². The van der Waals surface area contributed by atoms with Gasteiger partial charge in [-0.05, 0) is 83.5 Å². The van der Waals surface area contributed by atoms with Crippen LogP contribution in [0.2, 0.25) is 0 Å². The van der Waals surface area contributed by atoms with Crippen molar-refractivity contribution in [3.63, 3.8) is 0 Å². The van der Waals surface area contributed by atoms with Gasteiger partial charge in [0, 0.05) is 30.8 Å². The minimum Gasteiger partial charge on any atom is -0.327 e. The third kappa shape index (κ3) is 15.7. The summed E-state index contributed by atoms with van der Waals surface area (Å²) >= 11 is 3.53. The van der Waals surface area contributed by atoms with E-state index in [1.54, 1.807) is 13.2 Å². The summed E-state index contributed by atoms with van der Waals surface area (Å²) in [6.07, 6.45) is 22.3. The summed E-state index contributed by atoms with van der Waals surface area (Å²) in [6.45, 7) is 18.8. The average Bonchev–Trinajstić information content (AvgIpc) is 3.37. The van der Waals surface area contributed by atoms with Crippen LogP contribution in [-0.2, 0) is 4.79 Å². The zero-order valence-corrected chi connectivity index (χ0v) is 33.1. The minimum absolute atomic E-state index is 0.00568. The highest BCUT2D eigenvalue weighted by atomic mass is 32.1. The molecule has 3 unspecified atom stereocenters. The predicted molar refractivity (Wildman–Crippen MR) is 227 cm³/mol. The molecule has 0 spiro atoms.